The highest BCUT2D eigenvalue weighted by atomic mass is 32.2. The molecule has 3 N–H and O–H groups in total. The number of hydrogen-bond donors (Lipinski definition) is 4. The third kappa shape index (κ3) is 6.26. The second-order valence-corrected chi connectivity index (χ2v) is 8.76. The summed E-state index contributed by atoms with van der Waals surface area (Å²) in [5.74, 6) is 0.986. The number of nitrogens with one attached hydrogen (secondary N) is 3. The highest BCUT2D eigenvalue weighted by Gasteiger charge is 2.10. The summed E-state index contributed by atoms with van der Waals surface area (Å²) in [6.07, 6.45) is 6.31. The Morgan fingerprint density at radius 1 is 1.06 bits per heavy atom. The van der Waals surface area contributed by atoms with Gasteiger partial charge in [0.1, 0.15) is 22.3 Å². The van der Waals surface area contributed by atoms with E-state index in [9.17, 15) is 13.2 Å². The van der Waals surface area contributed by atoms with Gasteiger partial charge in [0.15, 0.2) is 0 Å². The third-order valence-corrected chi connectivity index (χ3v) is 5.84. The van der Waals surface area contributed by atoms with Gasteiger partial charge in [0.05, 0.1) is 17.6 Å². The Morgan fingerprint density at radius 2 is 1.94 bits per heavy atom. The maximum atomic E-state index is 12.7. The zero-order chi connectivity index (χ0) is 23.9. The molecule has 0 unspecified atom stereocenters. The van der Waals surface area contributed by atoms with Crippen LogP contribution in [0.3, 0.4) is 0 Å². The van der Waals surface area contributed by atoms with E-state index in [1.54, 1.807) is 42.9 Å². The number of thiol groups is 1. The summed E-state index contributed by atoms with van der Waals surface area (Å²) < 4.78 is 22.0. The summed E-state index contributed by atoms with van der Waals surface area (Å²) in [4.78, 5) is 20.9. The van der Waals surface area contributed by atoms with E-state index in [1.807, 2.05) is 31.2 Å². The van der Waals surface area contributed by atoms with Gasteiger partial charge in [0.2, 0.25) is 0 Å². The van der Waals surface area contributed by atoms with Crippen molar-refractivity contribution in [3.05, 3.63) is 95.1 Å². The Balaban J connectivity index is 1.39. The van der Waals surface area contributed by atoms with Crippen molar-refractivity contribution in [2.45, 2.75) is 25.5 Å². The predicted molar refractivity (Wildman–Crippen MR) is 131 cm³/mol. The molecule has 4 rings (SSSR count). The molecule has 0 aliphatic carbocycles. The zero-order valence-corrected chi connectivity index (χ0v) is 19.4. The fourth-order valence-electron chi connectivity index (χ4n) is 3.50. The van der Waals surface area contributed by atoms with Crippen LogP contribution in [0.2, 0.25) is 0 Å². The van der Waals surface area contributed by atoms with E-state index < -0.39 is 10.7 Å². The molecule has 1 amide bonds. The van der Waals surface area contributed by atoms with Crippen molar-refractivity contribution in [3.63, 3.8) is 0 Å². The summed E-state index contributed by atoms with van der Waals surface area (Å²) in [5, 5.41) is 13.3. The zero-order valence-electron chi connectivity index (χ0n) is 18.5. The Kier molecular flexibility index (Phi) is 7.28. The number of carbonyl (C=O) groups excluding carboxylic acids is 1. The molecule has 0 bridgehead atoms. The number of rotatable bonds is 9. The molecule has 0 saturated heterocycles. The highest BCUT2D eigenvalue weighted by Crippen LogP contribution is 2.20. The molecule has 174 valence electrons. The molecular weight excluding hydrogens is 452 g/mol. The van der Waals surface area contributed by atoms with Gasteiger partial charge in [-0.25, -0.2) is 13.4 Å². The smallest absolute Gasteiger partial charge is 0.255 e. The molecule has 2 heterocycles. The number of benzene rings is 2. The number of anilines is 3. The average molecular weight is 477 g/mol. The number of nitrogens with zero attached hydrogens (tertiary/aromatic N) is 3. The molecule has 9 nitrogen and oxygen atoms in total. The largest absolute Gasteiger partial charge is 0.324 e. The van der Waals surface area contributed by atoms with Gasteiger partial charge in [0, 0.05) is 29.7 Å². The third-order valence-electron chi connectivity index (χ3n) is 5.22. The van der Waals surface area contributed by atoms with Crippen LogP contribution in [0.15, 0.2) is 67.1 Å². The molecular formula is C24H24N6O3S. The van der Waals surface area contributed by atoms with Crippen molar-refractivity contribution in [1.29, 1.82) is 0 Å². The minimum atomic E-state index is -2.55. The van der Waals surface area contributed by atoms with Crippen molar-refractivity contribution in [3.8, 4) is 0 Å². The Bertz CT molecular complexity index is 1360. The van der Waals surface area contributed by atoms with Gasteiger partial charge in [-0.1, -0.05) is 18.2 Å². The Hall–Kier alpha value is -4.05. The van der Waals surface area contributed by atoms with Gasteiger partial charge in [-0.05, 0) is 60.7 Å². The number of H-pyrrole nitrogens is 1. The number of aryl methyl sites for hydroxylation is 3. The van der Waals surface area contributed by atoms with E-state index in [0.29, 0.717) is 29.1 Å². The summed E-state index contributed by atoms with van der Waals surface area (Å²) in [6, 6.07) is 14.3. The SMILES string of the molecule is Cc1ccc(NC(=O)c2cccc(C[SH](=O)=O)c2)cc1CCc1cc(Nc2cnccn2)[nH]n1. The first-order valence-corrected chi connectivity index (χ1v) is 12.0. The van der Waals surface area contributed by atoms with Gasteiger partial charge in [0.25, 0.3) is 5.91 Å². The standard InChI is InChI=1S/C24H24N6O3S/c1-16-5-7-20(27-24(31)19-4-2-3-17(11-19)15-34(32)33)12-18(16)6-8-21-13-22(30-29-21)28-23-14-25-9-10-26-23/h2-5,7,9-14,34H,6,8,15H2,1H3,(H,27,31)(H2,26,28,29,30). The number of carbonyl (C=O) groups is 1. The van der Waals surface area contributed by atoms with Crippen LogP contribution in [-0.4, -0.2) is 34.5 Å². The number of aromatic nitrogens is 4. The lowest BCUT2D eigenvalue weighted by Gasteiger charge is -2.10. The lowest BCUT2D eigenvalue weighted by atomic mass is 10.0. The number of hydrogen-bond acceptors (Lipinski definition) is 7. The molecule has 10 heteroatoms. The van der Waals surface area contributed by atoms with Crippen molar-refractivity contribution in [2.75, 3.05) is 10.6 Å². The van der Waals surface area contributed by atoms with E-state index in [-0.39, 0.29) is 11.7 Å². The molecule has 0 aliphatic rings. The van der Waals surface area contributed by atoms with Crippen LogP contribution < -0.4 is 10.6 Å². The van der Waals surface area contributed by atoms with Gasteiger partial charge in [-0.15, -0.1) is 0 Å². The minimum absolute atomic E-state index is 0.0890. The second kappa shape index (κ2) is 10.7. The first-order chi connectivity index (χ1) is 16.5. The highest BCUT2D eigenvalue weighted by molar-refractivity contribution is 7.71. The van der Waals surface area contributed by atoms with E-state index in [2.05, 4.69) is 30.8 Å². The van der Waals surface area contributed by atoms with Crippen LogP contribution in [0.1, 0.15) is 32.7 Å². The van der Waals surface area contributed by atoms with Gasteiger partial charge in [-0.2, -0.15) is 5.10 Å². The quantitative estimate of drug-likeness (QED) is 0.272. The topological polar surface area (TPSA) is 130 Å². The fraction of sp³-hybridized carbons (Fsp3) is 0.167. The first-order valence-electron chi connectivity index (χ1n) is 10.7. The van der Waals surface area contributed by atoms with E-state index >= 15 is 0 Å². The maximum Gasteiger partial charge on any atom is 0.255 e. The van der Waals surface area contributed by atoms with Crippen LogP contribution in [0.4, 0.5) is 17.3 Å². The molecule has 4 aromatic rings. The number of amides is 1. The van der Waals surface area contributed by atoms with Crippen LogP contribution in [0, 0.1) is 6.92 Å². The summed E-state index contributed by atoms with van der Waals surface area (Å²) >= 11 is 0. The predicted octanol–water partition coefficient (Wildman–Crippen LogP) is 3.40. The van der Waals surface area contributed by atoms with Crippen molar-refractivity contribution in [1.82, 2.24) is 20.2 Å². The molecule has 2 aromatic carbocycles. The fourth-order valence-corrected chi connectivity index (χ4v) is 4.00. The van der Waals surface area contributed by atoms with Crippen LogP contribution in [0.25, 0.3) is 0 Å². The Labute approximate surface area is 198 Å². The van der Waals surface area contributed by atoms with Crippen LogP contribution >= 0.6 is 0 Å². The molecule has 2 aromatic heterocycles. The molecule has 0 atom stereocenters. The van der Waals surface area contributed by atoms with Gasteiger partial charge in [-0.3, -0.25) is 14.9 Å². The molecule has 0 radical (unpaired) electrons. The number of aromatic amines is 1. The molecule has 0 fully saturated rings. The second-order valence-electron chi connectivity index (χ2n) is 7.78. The molecule has 34 heavy (non-hydrogen) atoms. The van der Waals surface area contributed by atoms with E-state index in [4.69, 9.17) is 0 Å². The monoisotopic (exact) mass is 476 g/mol. The molecule has 0 spiro atoms. The van der Waals surface area contributed by atoms with Gasteiger partial charge < -0.3 is 10.6 Å². The van der Waals surface area contributed by atoms with E-state index in [1.165, 1.54) is 0 Å². The summed E-state index contributed by atoms with van der Waals surface area (Å²) in [6.45, 7) is 2.03. The maximum absolute atomic E-state index is 12.7. The lowest BCUT2D eigenvalue weighted by molar-refractivity contribution is 0.102. The first kappa shape index (κ1) is 23.1. The average Bonchev–Trinajstić information content (AvgIpc) is 3.27. The molecule has 0 aliphatic heterocycles. The van der Waals surface area contributed by atoms with Crippen molar-refractivity contribution in [2.24, 2.45) is 0 Å². The summed E-state index contributed by atoms with van der Waals surface area (Å²) in [7, 11) is -2.55. The van der Waals surface area contributed by atoms with Crippen molar-refractivity contribution >= 4 is 33.9 Å². The lowest BCUT2D eigenvalue weighted by Crippen LogP contribution is -2.12. The Morgan fingerprint density at radius 3 is 2.74 bits per heavy atom. The summed E-state index contributed by atoms with van der Waals surface area (Å²) in [5.41, 5.74) is 4.79. The van der Waals surface area contributed by atoms with E-state index in [0.717, 1.165) is 29.1 Å². The van der Waals surface area contributed by atoms with Gasteiger partial charge >= 0.3 is 0 Å². The molecule has 0 saturated carbocycles. The van der Waals surface area contributed by atoms with Crippen molar-refractivity contribution < 1.29 is 13.2 Å². The van der Waals surface area contributed by atoms with Crippen LogP contribution in [-0.2, 0) is 29.3 Å². The van der Waals surface area contributed by atoms with Crippen LogP contribution in [0.5, 0.6) is 0 Å². The normalized spacial score (nSPS) is 10.9. The minimum Gasteiger partial charge on any atom is -0.324 e.